The van der Waals surface area contributed by atoms with E-state index in [1.165, 1.54) is 24.3 Å². The number of halogens is 1. The Morgan fingerprint density at radius 2 is 1.83 bits per heavy atom. The molecule has 0 bridgehead atoms. The van der Waals surface area contributed by atoms with Crippen LogP contribution in [0.3, 0.4) is 0 Å². The summed E-state index contributed by atoms with van der Waals surface area (Å²) in [7, 11) is -3.89. The average molecular weight is 492 g/mol. The van der Waals surface area contributed by atoms with E-state index in [1.54, 1.807) is 18.2 Å². The second kappa shape index (κ2) is 8.23. The van der Waals surface area contributed by atoms with Crippen molar-refractivity contribution in [3.8, 4) is 0 Å². The molecule has 0 radical (unpaired) electrons. The summed E-state index contributed by atoms with van der Waals surface area (Å²) in [6.45, 7) is 7.76. The Bertz CT molecular complexity index is 1200. The maximum absolute atomic E-state index is 12.8. The summed E-state index contributed by atoms with van der Waals surface area (Å²) in [6, 6.07) is 12.8. The Hall–Kier alpha value is -2.65. The van der Waals surface area contributed by atoms with Crippen molar-refractivity contribution in [2.45, 2.75) is 38.0 Å². The molecule has 0 fully saturated rings. The Balaban J connectivity index is 1.82. The number of amides is 1. The van der Waals surface area contributed by atoms with E-state index in [9.17, 15) is 13.2 Å². The first kappa shape index (κ1) is 22.0. The number of sulfonamides is 1. The maximum atomic E-state index is 12.8. The molecule has 158 valence electrons. The fraction of sp³-hybridized carbons (Fsp3) is 0.238. The predicted molar refractivity (Wildman–Crippen MR) is 119 cm³/mol. The number of aryl methyl sites for hydroxylation is 1. The zero-order valence-corrected chi connectivity index (χ0v) is 19.4. The molecular weight excluding hydrogens is 470 g/mol. The van der Waals surface area contributed by atoms with Crippen molar-refractivity contribution in [2.24, 2.45) is 0 Å². The first-order valence-corrected chi connectivity index (χ1v) is 11.4. The van der Waals surface area contributed by atoms with Gasteiger partial charge in [-0.3, -0.25) is 9.52 Å². The SMILES string of the molecule is Cc1ccc(Br)c(NS(=O)(=O)c2cccc(C(=O)Nc3cc(C(C)(C)C)on3)c2)c1. The van der Waals surface area contributed by atoms with Crippen LogP contribution in [0.2, 0.25) is 0 Å². The van der Waals surface area contributed by atoms with Crippen LogP contribution in [0.1, 0.15) is 42.5 Å². The van der Waals surface area contributed by atoms with E-state index in [0.717, 1.165) is 5.56 Å². The number of nitrogens with one attached hydrogen (secondary N) is 2. The van der Waals surface area contributed by atoms with Crippen molar-refractivity contribution in [1.29, 1.82) is 0 Å². The molecule has 3 aromatic rings. The Kier molecular flexibility index (Phi) is 6.05. The Morgan fingerprint density at radius 3 is 2.50 bits per heavy atom. The van der Waals surface area contributed by atoms with Crippen molar-refractivity contribution in [1.82, 2.24) is 5.16 Å². The zero-order valence-electron chi connectivity index (χ0n) is 17.0. The van der Waals surface area contributed by atoms with E-state index in [1.807, 2.05) is 33.8 Å². The van der Waals surface area contributed by atoms with Crippen molar-refractivity contribution < 1.29 is 17.7 Å². The van der Waals surface area contributed by atoms with Crippen LogP contribution < -0.4 is 10.0 Å². The van der Waals surface area contributed by atoms with Gasteiger partial charge >= 0.3 is 0 Å². The van der Waals surface area contributed by atoms with Crippen LogP contribution >= 0.6 is 15.9 Å². The van der Waals surface area contributed by atoms with Crippen LogP contribution in [0.5, 0.6) is 0 Å². The first-order valence-electron chi connectivity index (χ1n) is 9.13. The molecule has 0 aliphatic carbocycles. The molecule has 2 aromatic carbocycles. The zero-order chi connectivity index (χ0) is 22.1. The van der Waals surface area contributed by atoms with Gasteiger partial charge in [0.25, 0.3) is 15.9 Å². The van der Waals surface area contributed by atoms with Gasteiger partial charge in [0.1, 0.15) is 5.76 Å². The fourth-order valence-corrected chi connectivity index (χ4v) is 4.19. The van der Waals surface area contributed by atoms with E-state index in [-0.39, 0.29) is 21.7 Å². The van der Waals surface area contributed by atoms with E-state index in [4.69, 9.17) is 4.52 Å². The lowest BCUT2D eigenvalue weighted by atomic mass is 9.93. The van der Waals surface area contributed by atoms with Crippen molar-refractivity contribution >= 4 is 43.4 Å². The van der Waals surface area contributed by atoms with Gasteiger partial charge in [0.2, 0.25) is 0 Å². The van der Waals surface area contributed by atoms with Crippen molar-refractivity contribution in [2.75, 3.05) is 10.0 Å². The van der Waals surface area contributed by atoms with Crippen LogP contribution in [-0.2, 0) is 15.4 Å². The molecule has 30 heavy (non-hydrogen) atoms. The van der Waals surface area contributed by atoms with E-state index < -0.39 is 15.9 Å². The quantitative estimate of drug-likeness (QED) is 0.516. The summed E-state index contributed by atoms with van der Waals surface area (Å²) in [5.74, 6) is 0.402. The molecule has 0 saturated heterocycles. The number of anilines is 2. The highest BCUT2D eigenvalue weighted by Crippen LogP contribution is 2.27. The van der Waals surface area contributed by atoms with Crippen LogP contribution in [-0.4, -0.2) is 19.5 Å². The van der Waals surface area contributed by atoms with Crippen LogP contribution in [0.25, 0.3) is 0 Å². The smallest absolute Gasteiger partial charge is 0.261 e. The topological polar surface area (TPSA) is 101 Å². The number of carbonyl (C=O) groups is 1. The molecule has 2 N–H and O–H groups in total. The number of aromatic nitrogens is 1. The molecule has 3 rings (SSSR count). The molecule has 1 heterocycles. The molecule has 0 aliphatic rings. The summed E-state index contributed by atoms with van der Waals surface area (Å²) in [6.07, 6.45) is 0. The van der Waals surface area contributed by atoms with E-state index in [2.05, 4.69) is 31.1 Å². The third kappa shape index (κ3) is 5.09. The number of hydrogen-bond acceptors (Lipinski definition) is 5. The van der Waals surface area contributed by atoms with Gasteiger partial charge in [-0.2, -0.15) is 0 Å². The summed E-state index contributed by atoms with van der Waals surface area (Å²) in [5, 5.41) is 6.48. The molecule has 0 unspecified atom stereocenters. The molecule has 1 aromatic heterocycles. The number of nitrogens with zero attached hydrogens (tertiary/aromatic N) is 1. The highest BCUT2D eigenvalue weighted by molar-refractivity contribution is 9.10. The first-order chi connectivity index (χ1) is 14.0. The van der Waals surface area contributed by atoms with E-state index in [0.29, 0.717) is 15.9 Å². The lowest BCUT2D eigenvalue weighted by molar-refractivity contribution is 0.102. The largest absolute Gasteiger partial charge is 0.359 e. The third-order valence-corrected chi connectivity index (χ3v) is 6.32. The van der Waals surface area contributed by atoms with Crippen LogP contribution in [0.4, 0.5) is 11.5 Å². The Morgan fingerprint density at radius 1 is 1.10 bits per heavy atom. The van der Waals surface area contributed by atoms with Crippen LogP contribution in [0, 0.1) is 6.92 Å². The summed E-state index contributed by atoms with van der Waals surface area (Å²) in [4.78, 5) is 12.6. The second-order valence-corrected chi connectivity index (χ2v) is 10.4. The number of hydrogen-bond donors (Lipinski definition) is 2. The van der Waals surface area contributed by atoms with Gasteiger partial charge in [0, 0.05) is 21.5 Å². The van der Waals surface area contributed by atoms with Crippen molar-refractivity contribution in [3.63, 3.8) is 0 Å². The monoisotopic (exact) mass is 491 g/mol. The minimum absolute atomic E-state index is 0.0286. The van der Waals surface area contributed by atoms with Gasteiger partial charge in [-0.25, -0.2) is 8.42 Å². The van der Waals surface area contributed by atoms with Gasteiger partial charge in [-0.1, -0.05) is 38.1 Å². The fourth-order valence-electron chi connectivity index (χ4n) is 2.60. The van der Waals surface area contributed by atoms with Gasteiger partial charge in [-0.15, -0.1) is 0 Å². The van der Waals surface area contributed by atoms with Gasteiger partial charge in [-0.05, 0) is 58.7 Å². The molecule has 0 aliphatic heterocycles. The highest BCUT2D eigenvalue weighted by Gasteiger charge is 2.21. The van der Waals surface area contributed by atoms with Crippen LogP contribution in [0.15, 0.2) is 62.4 Å². The van der Waals surface area contributed by atoms with Gasteiger partial charge < -0.3 is 9.84 Å². The molecule has 0 atom stereocenters. The minimum Gasteiger partial charge on any atom is -0.359 e. The molecule has 9 heteroatoms. The van der Waals surface area contributed by atoms with Gasteiger partial charge in [0.05, 0.1) is 10.6 Å². The van der Waals surface area contributed by atoms with E-state index >= 15 is 0 Å². The summed E-state index contributed by atoms with van der Waals surface area (Å²) in [5.41, 5.74) is 1.26. The number of rotatable bonds is 5. The normalized spacial score (nSPS) is 11.9. The maximum Gasteiger partial charge on any atom is 0.261 e. The summed E-state index contributed by atoms with van der Waals surface area (Å²) < 4.78 is 34.1. The molecule has 0 spiro atoms. The molecular formula is C21H22BrN3O4S. The summed E-state index contributed by atoms with van der Waals surface area (Å²) >= 11 is 3.34. The standard InChI is InChI=1S/C21H22BrN3O4S/c1-13-8-9-16(22)17(10-13)25-30(27,28)15-7-5-6-14(11-15)20(26)23-19-12-18(29-24-19)21(2,3)4/h5-12,25H,1-4H3,(H,23,24,26). The Labute approximate surface area is 184 Å². The lowest BCUT2D eigenvalue weighted by Gasteiger charge is -2.12. The molecule has 0 saturated carbocycles. The molecule has 7 nitrogen and oxygen atoms in total. The highest BCUT2D eigenvalue weighted by atomic mass is 79.9. The average Bonchev–Trinajstić information content (AvgIpc) is 3.13. The number of carbonyl (C=O) groups excluding carboxylic acids is 1. The third-order valence-electron chi connectivity index (χ3n) is 4.26. The second-order valence-electron chi connectivity index (χ2n) is 7.90. The minimum atomic E-state index is -3.89. The molecule has 1 amide bonds. The van der Waals surface area contributed by atoms with Gasteiger partial charge in [0.15, 0.2) is 5.82 Å². The number of benzene rings is 2. The predicted octanol–water partition coefficient (Wildman–Crippen LogP) is 5.10. The lowest BCUT2D eigenvalue weighted by Crippen LogP contribution is -2.16. The van der Waals surface area contributed by atoms with Crippen molar-refractivity contribution in [3.05, 3.63) is 69.9 Å².